The Kier molecular flexibility index (Phi) is 5.10. The number of allylic oxidation sites excluding steroid dienone is 1. The Bertz CT molecular complexity index is 960. The summed E-state index contributed by atoms with van der Waals surface area (Å²) >= 11 is 0. The Hall–Kier alpha value is -2.05. The molecular formula is C26H33NO5. The van der Waals surface area contributed by atoms with Crippen LogP contribution in [0, 0.1) is 28.6 Å². The molecular weight excluding hydrogens is 406 g/mol. The van der Waals surface area contributed by atoms with E-state index in [1.165, 1.54) is 5.57 Å². The van der Waals surface area contributed by atoms with Gasteiger partial charge in [0.25, 0.3) is 0 Å². The number of aromatic nitrogens is 1. The van der Waals surface area contributed by atoms with Gasteiger partial charge in [0.2, 0.25) is 5.78 Å². The summed E-state index contributed by atoms with van der Waals surface area (Å²) in [5.74, 6) is 0.909. The highest BCUT2D eigenvalue weighted by Gasteiger charge is 2.68. The molecule has 6 heteroatoms. The topological polar surface area (TPSA) is 96.7 Å². The number of carbonyl (C=O) groups excluding carboxylic acids is 2. The molecule has 0 aliphatic heterocycles. The molecule has 2 N–H and O–H groups in total. The van der Waals surface area contributed by atoms with Crippen LogP contribution in [0.3, 0.4) is 0 Å². The third kappa shape index (κ3) is 3.02. The summed E-state index contributed by atoms with van der Waals surface area (Å²) in [6, 6.07) is 3.38. The van der Waals surface area contributed by atoms with Gasteiger partial charge in [0.1, 0.15) is 18.0 Å². The van der Waals surface area contributed by atoms with Gasteiger partial charge in [-0.15, -0.1) is 0 Å². The SMILES string of the molecule is CC12CCC(=O)C=C1CCC1C2C(O)CC2(C)C1CC[C@]2(O)C(=O)COc1ccncc1. The smallest absolute Gasteiger partial charge is 0.202 e. The molecule has 1 aromatic rings. The summed E-state index contributed by atoms with van der Waals surface area (Å²) in [6.45, 7) is 4.01. The van der Waals surface area contributed by atoms with Gasteiger partial charge in [-0.25, -0.2) is 0 Å². The molecule has 1 aromatic heterocycles. The fourth-order valence-electron chi connectivity index (χ4n) is 7.85. The molecule has 0 spiro atoms. The minimum absolute atomic E-state index is 0.0687. The molecule has 0 saturated heterocycles. The van der Waals surface area contributed by atoms with Gasteiger partial charge in [-0.2, -0.15) is 0 Å². The second-order valence-electron chi connectivity index (χ2n) is 10.9. The Balaban J connectivity index is 1.40. The number of nitrogens with zero attached hydrogens (tertiary/aromatic N) is 1. The van der Waals surface area contributed by atoms with Gasteiger partial charge in [-0.05, 0) is 79.9 Å². The molecule has 5 rings (SSSR count). The van der Waals surface area contributed by atoms with Crippen LogP contribution in [0.1, 0.15) is 58.8 Å². The lowest BCUT2D eigenvalue weighted by Gasteiger charge is -2.60. The van der Waals surface area contributed by atoms with Crippen molar-refractivity contribution in [3.63, 3.8) is 0 Å². The quantitative estimate of drug-likeness (QED) is 0.748. The monoisotopic (exact) mass is 439 g/mol. The first kappa shape index (κ1) is 21.8. The first-order chi connectivity index (χ1) is 15.2. The van der Waals surface area contributed by atoms with Crippen molar-refractivity contribution in [1.29, 1.82) is 0 Å². The lowest BCUT2D eigenvalue weighted by molar-refractivity contribution is -0.181. The maximum Gasteiger partial charge on any atom is 0.202 e. The van der Waals surface area contributed by atoms with Crippen molar-refractivity contribution in [3.05, 3.63) is 36.2 Å². The van der Waals surface area contributed by atoms with Gasteiger partial charge in [-0.3, -0.25) is 14.6 Å². The Morgan fingerprint density at radius 3 is 2.69 bits per heavy atom. The second kappa shape index (κ2) is 7.49. The van der Waals surface area contributed by atoms with Crippen molar-refractivity contribution in [2.24, 2.45) is 28.6 Å². The molecule has 0 aromatic carbocycles. The van der Waals surface area contributed by atoms with Gasteiger partial charge in [0, 0.05) is 24.2 Å². The molecule has 0 amide bonds. The molecule has 0 radical (unpaired) electrons. The number of aliphatic hydroxyl groups is 2. The van der Waals surface area contributed by atoms with E-state index in [-0.39, 0.29) is 41.3 Å². The van der Waals surface area contributed by atoms with Crippen molar-refractivity contribution in [2.45, 2.75) is 70.5 Å². The number of ether oxygens (including phenoxy) is 1. The molecule has 7 atom stereocenters. The van der Waals surface area contributed by atoms with Gasteiger partial charge in [-0.1, -0.05) is 19.4 Å². The van der Waals surface area contributed by atoms with Crippen LogP contribution in [0.2, 0.25) is 0 Å². The number of Topliss-reactive ketones (excluding diaryl/α,β-unsaturated/α-hetero) is 1. The summed E-state index contributed by atoms with van der Waals surface area (Å²) in [4.78, 5) is 29.3. The molecule has 1 heterocycles. The van der Waals surface area contributed by atoms with E-state index in [0.29, 0.717) is 25.0 Å². The van der Waals surface area contributed by atoms with E-state index in [1.54, 1.807) is 24.5 Å². The van der Waals surface area contributed by atoms with Gasteiger partial charge in [0.15, 0.2) is 5.78 Å². The highest BCUT2D eigenvalue weighted by atomic mass is 16.5. The zero-order valence-electron chi connectivity index (χ0n) is 18.9. The van der Waals surface area contributed by atoms with Crippen molar-refractivity contribution in [3.8, 4) is 5.75 Å². The van der Waals surface area contributed by atoms with Crippen LogP contribution in [-0.4, -0.2) is 45.1 Å². The predicted octanol–water partition coefficient (Wildman–Crippen LogP) is 3.26. The minimum Gasteiger partial charge on any atom is -0.486 e. The Morgan fingerprint density at radius 1 is 1.19 bits per heavy atom. The standard InChI is InChI=1S/C26H33NO5/c1-24-9-5-17(28)13-16(24)3-4-19-20-6-10-26(31,25(20,2)14-21(29)23(19)24)22(30)15-32-18-7-11-27-12-8-18/h7-8,11-13,19-21,23,29,31H,3-6,9-10,14-15H2,1-2H3/t19?,20?,21?,23?,24?,25?,26-/m0/s1. The van der Waals surface area contributed by atoms with E-state index in [4.69, 9.17) is 4.74 Å². The summed E-state index contributed by atoms with van der Waals surface area (Å²) in [6.07, 6.45) is 9.06. The number of hydrogen-bond donors (Lipinski definition) is 2. The summed E-state index contributed by atoms with van der Waals surface area (Å²) in [7, 11) is 0. The normalized spacial score (nSPS) is 43.0. The lowest BCUT2D eigenvalue weighted by atomic mass is 9.45. The van der Waals surface area contributed by atoms with Crippen LogP contribution in [-0.2, 0) is 9.59 Å². The highest BCUT2D eigenvalue weighted by molar-refractivity contribution is 5.92. The van der Waals surface area contributed by atoms with Crippen LogP contribution in [0.15, 0.2) is 36.2 Å². The maximum atomic E-state index is 13.3. The molecule has 6 unspecified atom stereocenters. The zero-order valence-corrected chi connectivity index (χ0v) is 18.9. The second-order valence-corrected chi connectivity index (χ2v) is 10.9. The van der Waals surface area contributed by atoms with Crippen molar-refractivity contribution in [2.75, 3.05) is 6.61 Å². The van der Waals surface area contributed by atoms with E-state index < -0.39 is 17.1 Å². The summed E-state index contributed by atoms with van der Waals surface area (Å²) < 4.78 is 5.65. The minimum atomic E-state index is -1.50. The van der Waals surface area contributed by atoms with Crippen LogP contribution < -0.4 is 4.74 Å². The van der Waals surface area contributed by atoms with Gasteiger partial charge >= 0.3 is 0 Å². The number of pyridine rings is 1. The molecule has 0 bridgehead atoms. The summed E-state index contributed by atoms with van der Waals surface area (Å²) in [5, 5.41) is 23.2. The van der Waals surface area contributed by atoms with Crippen molar-refractivity contribution < 1.29 is 24.5 Å². The van der Waals surface area contributed by atoms with Gasteiger partial charge in [0.05, 0.1) is 6.10 Å². The summed E-state index contributed by atoms with van der Waals surface area (Å²) in [5.41, 5.74) is -1.18. The number of aliphatic hydroxyl groups excluding tert-OH is 1. The maximum absolute atomic E-state index is 13.3. The molecule has 32 heavy (non-hydrogen) atoms. The van der Waals surface area contributed by atoms with Crippen LogP contribution >= 0.6 is 0 Å². The number of hydrogen-bond acceptors (Lipinski definition) is 6. The molecule has 4 aliphatic carbocycles. The first-order valence-corrected chi connectivity index (χ1v) is 11.9. The van der Waals surface area contributed by atoms with Crippen LogP contribution in [0.5, 0.6) is 5.75 Å². The highest BCUT2D eigenvalue weighted by Crippen LogP contribution is 2.67. The number of ketones is 2. The van der Waals surface area contributed by atoms with E-state index in [9.17, 15) is 19.8 Å². The Morgan fingerprint density at radius 2 is 1.94 bits per heavy atom. The fourth-order valence-corrected chi connectivity index (χ4v) is 7.85. The van der Waals surface area contributed by atoms with Crippen LogP contribution in [0.25, 0.3) is 0 Å². The lowest BCUT2D eigenvalue weighted by Crippen LogP contribution is -2.62. The largest absolute Gasteiger partial charge is 0.486 e. The number of carbonyl (C=O) groups is 2. The third-order valence-corrected chi connectivity index (χ3v) is 9.53. The van der Waals surface area contributed by atoms with Crippen molar-refractivity contribution >= 4 is 11.6 Å². The fraction of sp³-hybridized carbons (Fsp3) is 0.654. The van der Waals surface area contributed by atoms with E-state index in [0.717, 1.165) is 25.7 Å². The van der Waals surface area contributed by atoms with Crippen molar-refractivity contribution in [1.82, 2.24) is 4.98 Å². The predicted molar refractivity (Wildman–Crippen MR) is 118 cm³/mol. The van der Waals surface area contributed by atoms with E-state index >= 15 is 0 Å². The van der Waals surface area contributed by atoms with E-state index in [2.05, 4.69) is 11.9 Å². The Labute approximate surface area is 189 Å². The molecule has 3 fully saturated rings. The molecule has 6 nitrogen and oxygen atoms in total. The average Bonchev–Trinajstić information content (AvgIpc) is 3.04. The average molecular weight is 440 g/mol. The van der Waals surface area contributed by atoms with E-state index in [1.807, 2.05) is 13.0 Å². The molecule has 3 saturated carbocycles. The van der Waals surface area contributed by atoms with Crippen LogP contribution in [0.4, 0.5) is 0 Å². The number of rotatable bonds is 4. The van der Waals surface area contributed by atoms with Gasteiger partial charge < -0.3 is 14.9 Å². The molecule has 4 aliphatic rings. The third-order valence-electron chi connectivity index (χ3n) is 9.53. The zero-order chi connectivity index (χ0) is 22.7. The molecule has 172 valence electrons. The first-order valence-electron chi connectivity index (χ1n) is 11.9. The number of fused-ring (bicyclic) bond motifs is 5.